The molecule has 2 aromatic rings. The number of fused-ring (bicyclic) bond motifs is 2. The topological polar surface area (TPSA) is 77.9 Å². The molecule has 0 spiro atoms. The van der Waals surface area contributed by atoms with Gasteiger partial charge in [0, 0.05) is 13.0 Å². The van der Waals surface area contributed by atoms with Gasteiger partial charge in [0.1, 0.15) is 6.04 Å². The van der Waals surface area contributed by atoms with E-state index in [0.29, 0.717) is 32.2 Å². The van der Waals surface area contributed by atoms with Gasteiger partial charge in [-0.15, -0.1) is 0 Å². The third-order valence-corrected chi connectivity index (χ3v) is 5.63. The first-order valence-corrected chi connectivity index (χ1v) is 9.32. The van der Waals surface area contributed by atoms with Crippen LogP contribution >= 0.6 is 0 Å². The second-order valence-electron chi connectivity index (χ2n) is 7.34. The third-order valence-electron chi connectivity index (χ3n) is 5.63. The number of amides is 2. The van der Waals surface area contributed by atoms with Gasteiger partial charge >= 0.3 is 5.97 Å². The highest BCUT2D eigenvalue weighted by Crippen LogP contribution is 2.28. The van der Waals surface area contributed by atoms with Crippen LogP contribution < -0.4 is 0 Å². The van der Waals surface area contributed by atoms with Crippen molar-refractivity contribution in [3.8, 4) is 0 Å². The molecule has 6 heteroatoms. The van der Waals surface area contributed by atoms with Gasteiger partial charge in [-0.05, 0) is 35.6 Å². The fraction of sp³-hybridized carbons (Fsp3) is 0.381. The number of carboxylic acid groups (broad SMARTS) is 1. The predicted molar refractivity (Wildman–Crippen MR) is 100 cm³/mol. The number of hydrogen-bond acceptors (Lipinski definition) is 3. The van der Waals surface area contributed by atoms with Gasteiger partial charge in [-0.3, -0.25) is 9.59 Å². The van der Waals surface area contributed by atoms with E-state index in [1.807, 2.05) is 18.2 Å². The molecule has 2 saturated heterocycles. The predicted octanol–water partition coefficient (Wildman–Crippen LogP) is 2.06. The Morgan fingerprint density at radius 2 is 1.85 bits per heavy atom. The average Bonchev–Trinajstić information content (AvgIpc) is 3.11. The van der Waals surface area contributed by atoms with E-state index < -0.39 is 12.0 Å². The molecule has 2 aliphatic rings. The molecule has 0 aliphatic carbocycles. The number of benzene rings is 2. The molecule has 2 heterocycles. The van der Waals surface area contributed by atoms with E-state index in [9.17, 15) is 19.5 Å². The van der Waals surface area contributed by atoms with Crippen molar-refractivity contribution in [3.05, 3.63) is 48.0 Å². The van der Waals surface area contributed by atoms with Gasteiger partial charge in [-0.2, -0.15) is 0 Å². The highest BCUT2D eigenvalue weighted by molar-refractivity contribution is 5.90. The lowest BCUT2D eigenvalue weighted by Gasteiger charge is -2.38. The zero-order valence-electron chi connectivity index (χ0n) is 15.0. The smallest absolute Gasteiger partial charge is 0.326 e. The quantitative estimate of drug-likeness (QED) is 0.898. The van der Waals surface area contributed by atoms with E-state index >= 15 is 0 Å². The molecule has 2 unspecified atom stereocenters. The lowest BCUT2D eigenvalue weighted by molar-refractivity contribution is -0.155. The van der Waals surface area contributed by atoms with E-state index in [0.717, 1.165) is 10.9 Å². The third kappa shape index (κ3) is 3.39. The van der Waals surface area contributed by atoms with Gasteiger partial charge in [-0.1, -0.05) is 42.5 Å². The SMILES string of the molecule is O=C(O)C1CCC2CN(C(=O)CCc3ccc4ccccc4c3)CC(=O)N21. The molecular weight excluding hydrogens is 344 g/mol. The molecule has 2 aliphatic heterocycles. The first-order valence-electron chi connectivity index (χ1n) is 9.32. The number of aryl methyl sites for hydroxylation is 1. The highest BCUT2D eigenvalue weighted by atomic mass is 16.4. The number of piperazine rings is 1. The average molecular weight is 366 g/mol. The summed E-state index contributed by atoms with van der Waals surface area (Å²) in [6.45, 7) is 0.420. The lowest BCUT2D eigenvalue weighted by Crippen LogP contribution is -2.58. The Kier molecular flexibility index (Phi) is 4.56. The molecule has 0 bridgehead atoms. The Morgan fingerprint density at radius 3 is 2.63 bits per heavy atom. The maximum Gasteiger partial charge on any atom is 0.326 e. The van der Waals surface area contributed by atoms with Gasteiger partial charge in [-0.25, -0.2) is 4.79 Å². The lowest BCUT2D eigenvalue weighted by atomic mass is 10.0. The molecule has 140 valence electrons. The Labute approximate surface area is 157 Å². The van der Waals surface area contributed by atoms with Crippen molar-refractivity contribution in [3.63, 3.8) is 0 Å². The summed E-state index contributed by atoms with van der Waals surface area (Å²) < 4.78 is 0. The highest BCUT2D eigenvalue weighted by Gasteiger charge is 2.45. The molecule has 27 heavy (non-hydrogen) atoms. The molecule has 2 amide bonds. The summed E-state index contributed by atoms with van der Waals surface area (Å²) >= 11 is 0. The van der Waals surface area contributed by atoms with Crippen LogP contribution in [0.15, 0.2) is 42.5 Å². The zero-order chi connectivity index (χ0) is 19.0. The molecule has 2 fully saturated rings. The fourth-order valence-corrected chi connectivity index (χ4v) is 4.24. The molecule has 2 atom stereocenters. The van der Waals surface area contributed by atoms with Crippen molar-refractivity contribution in [2.45, 2.75) is 37.8 Å². The Bertz CT molecular complexity index is 910. The standard InChI is InChI=1S/C21H22N2O4/c24-19(10-6-14-5-7-15-3-1-2-4-16(15)11-14)22-12-17-8-9-18(21(26)27)23(17)20(25)13-22/h1-5,7,11,17-18H,6,8-10,12-13H2,(H,26,27). The molecule has 1 N–H and O–H groups in total. The second-order valence-corrected chi connectivity index (χ2v) is 7.34. The molecule has 0 saturated carbocycles. The molecule has 0 radical (unpaired) electrons. The second kappa shape index (κ2) is 7.02. The van der Waals surface area contributed by atoms with Crippen molar-refractivity contribution >= 4 is 28.6 Å². The number of nitrogens with zero attached hydrogens (tertiary/aromatic N) is 2. The summed E-state index contributed by atoms with van der Waals surface area (Å²) in [5.74, 6) is -1.26. The maximum atomic E-state index is 12.6. The summed E-state index contributed by atoms with van der Waals surface area (Å²) in [4.78, 5) is 39.4. The van der Waals surface area contributed by atoms with Crippen LogP contribution in [0.1, 0.15) is 24.8 Å². The van der Waals surface area contributed by atoms with Crippen molar-refractivity contribution < 1.29 is 19.5 Å². The molecule has 6 nitrogen and oxygen atoms in total. The molecular formula is C21H22N2O4. The summed E-state index contributed by atoms with van der Waals surface area (Å²) in [6, 6.07) is 13.4. The van der Waals surface area contributed by atoms with Crippen LogP contribution in [-0.4, -0.2) is 57.9 Å². The van der Waals surface area contributed by atoms with E-state index in [1.54, 1.807) is 4.90 Å². The molecule has 0 aromatic heterocycles. The van der Waals surface area contributed by atoms with Crippen molar-refractivity contribution in [2.24, 2.45) is 0 Å². The van der Waals surface area contributed by atoms with Gasteiger partial charge in [0.15, 0.2) is 0 Å². The summed E-state index contributed by atoms with van der Waals surface area (Å²) in [5, 5.41) is 11.6. The first-order chi connectivity index (χ1) is 13.0. The molecule has 4 rings (SSSR count). The summed E-state index contributed by atoms with van der Waals surface area (Å²) in [5.41, 5.74) is 1.10. The Balaban J connectivity index is 1.39. The van der Waals surface area contributed by atoms with Crippen LogP contribution in [0.4, 0.5) is 0 Å². The number of hydrogen-bond donors (Lipinski definition) is 1. The normalized spacial score (nSPS) is 22.1. The largest absolute Gasteiger partial charge is 0.480 e. The minimum absolute atomic E-state index is 0.0170. The van der Waals surface area contributed by atoms with Crippen LogP contribution in [0.3, 0.4) is 0 Å². The van der Waals surface area contributed by atoms with Crippen LogP contribution in [0.5, 0.6) is 0 Å². The van der Waals surface area contributed by atoms with E-state index in [4.69, 9.17) is 0 Å². The van der Waals surface area contributed by atoms with E-state index in [-0.39, 0.29) is 24.4 Å². The summed E-state index contributed by atoms with van der Waals surface area (Å²) in [7, 11) is 0. The monoisotopic (exact) mass is 366 g/mol. The van der Waals surface area contributed by atoms with Crippen LogP contribution in [0, 0.1) is 0 Å². The van der Waals surface area contributed by atoms with Gasteiger partial charge in [0.05, 0.1) is 12.6 Å². The van der Waals surface area contributed by atoms with Crippen LogP contribution in [0.25, 0.3) is 10.8 Å². The minimum Gasteiger partial charge on any atom is -0.480 e. The zero-order valence-corrected chi connectivity index (χ0v) is 15.0. The number of aliphatic carboxylic acids is 1. The first kappa shape index (κ1) is 17.5. The van der Waals surface area contributed by atoms with E-state index in [2.05, 4.69) is 24.3 Å². The van der Waals surface area contributed by atoms with E-state index in [1.165, 1.54) is 10.3 Å². The number of rotatable bonds is 4. The summed E-state index contributed by atoms with van der Waals surface area (Å²) in [6.07, 6.45) is 2.07. The number of carbonyl (C=O) groups is 3. The van der Waals surface area contributed by atoms with Crippen molar-refractivity contribution in [1.29, 1.82) is 0 Å². The van der Waals surface area contributed by atoms with Gasteiger partial charge in [0.25, 0.3) is 0 Å². The number of carboxylic acids is 1. The fourth-order valence-electron chi connectivity index (χ4n) is 4.24. The molecule has 2 aromatic carbocycles. The van der Waals surface area contributed by atoms with Gasteiger partial charge < -0.3 is 14.9 Å². The Hall–Kier alpha value is -2.89. The van der Waals surface area contributed by atoms with Gasteiger partial charge in [0.2, 0.25) is 11.8 Å². The maximum absolute atomic E-state index is 12.6. The van der Waals surface area contributed by atoms with Crippen LogP contribution in [0.2, 0.25) is 0 Å². The van der Waals surface area contributed by atoms with Crippen LogP contribution in [-0.2, 0) is 20.8 Å². The van der Waals surface area contributed by atoms with Crippen molar-refractivity contribution in [1.82, 2.24) is 9.80 Å². The minimum atomic E-state index is -0.957. The number of carbonyl (C=O) groups excluding carboxylic acids is 2. The van der Waals surface area contributed by atoms with Crippen molar-refractivity contribution in [2.75, 3.05) is 13.1 Å². The Morgan fingerprint density at radius 1 is 1.07 bits per heavy atom.